The Hall–Kier alpha value is -2.17. The number of unbranched alkanes of at least 4 members (excludes halogenated alkanes) is 9. The minimum absolute atomic E-state index is 0.0985. The quantitative estimate of drug-likeness (QED) is 0.209. The van der Waals surface area contributed by atoms with Crippen LogP contribution >= 0.6 is 0 Å². The minimum Gasteiger partial charge on any atom is -0.489 e. The number of hydrogen-bond donors (Lipinski definition) is 1. The van der Waals surface area contributed by atoms with Crippen LogP contribution in [0.25, 0.3) is 10.9 Å². The number of rotatable bonds is 17. The number of hydrogen-bond acceptors (Lipinski definition) is 4. The van der Waals surface area contributed by atoms with Gasteiger partial charge < -0.3 is 19.8 Å². The van der Waals surface area contributed by atoms with Crippen molar-refractivity contribution in [1.29, 1.82) is 0 Å². The maximum absolute atomic E-state index is 13.6. The third-order valence-electron chi connectivity index (χ3n) is 5.93. The van der Waals surface area contributed by atoms with Gasteiger partial charge in [-0.05, 0) is 37.5 Å². The van der Waals surface area contributed by atoms with Crippen molar-refractivity contribution in [2.75, 3.05) is 18.9 Å². The molecule has 0 saturated carbocycles. The van der Waals surface area contributed by atoms with E-state index in [2.05, 4.69) is 20.8 Å². The highest BCUT2D eigenvalue weighted by Gasteiger charge is 2.20. The summed E-state index contributed by atoms with van der Waals surface area (Å²) in [6.45, 7) is 8.38. The summed E-state index contributed by atoms with van der Waals surface area (Å²) >= 11 is 0. The molecule has 0 amide bonds. The van der Waals surface area contributed by atoms with Crippen LogP contribution in [-0.4, -0.2) is 17.8 Å². The molecule has 1 heterocycles. The molecular weight excluding hydrogens is 400 g/mol. The first-order valence-electron chi connectivity index (χ1n) is 12.9. The Morgan fingerprint density at radius 1 is 0.750 bits per heavy atom. The Kier molecular flexibility index (Phi) is 12.1. The third-order valence-corrected chi connectivity index (χ3v) is 5.93. The molecule has 2 aromatic rings. The van der Waals surface area contributed by atoms with Gasteiger partial charge in [0.25, 0.3) is 5.56 Å². The van der Waals surface area contributed by atoms with Crippen LogP contribution in [0.4, 0.5) is 5.69 Å². The molecule has 0 fully saturated rings. The molecule has 1 aromatic heterocycles. The maximum Gasteiger partial charge on any atom is 0.297 e. The van der Waals surface area contributed by atoms with Crippen LogP contribution in [0.5, 0.6) is 11.5 Å². The molecule has 0 aliphatic rings. The zero-order chi connectivity index (χ0) is 23.2. The molecule has 0 aliphatic carbocycles. The molecule has 32 heavy (non-hydrogen) atoms. The van der Waals surface area contributed by atoms with E-state index in [0.29, 0.717) is 36.9 Å². The topological polar surface area (TPSA) is 66.5 Å². The average Bonchev–Trinajstić information content (AvgIpc) is 2.79. The first-order chi connectivity index (χ1) is 15.6. The molecule has 1 aromatic carbocycles. The van der Waals surface area contributed by atoms with Crippen molar-refractivity contribution in [3.63, 3.8) is 0 Å². The van der Waals surface area contributed by atoms with Crippen LogP contribution < -0.4 is 20.8 Å². The van der Waals surface area contributed by atoms with Gasteiger partial charge in [-0.3, -0.25) is 4.79 Å². The molecule has 0 aliphatic heterocycles. The van der Waals surface area contributed by atoms with Gasteiger partial charge in [0.2, 0.25) is 5.75 Å². The van der Waals surface area contributed by atoms with Crippen molar-refractivity contribution in [3.05, 3.63) is 28.6 Å². The molecule has 0 bridgehead atoms. The molecule has 180 valence electrons. The number of aryl methyl sites for hydroxylation is 1. The van der Waals surface area contributed by atoms with Gasteiger partial charge in [0.05, 0.1) is 18.7 Å². The Labute approximate surface area is 194 Å². The lowest BCUT2D eigenvalue weighted by Crippen LogP contribution is -2.24. The van der Waals surface area contributed by atoms with E-state index in [0.717, 1.165) is 49.4 Å². The molecule has 0 radical (unpaired) electrons. The molecule has 0 spiro atoms. The highest BCUT2D eigenvalue weighted by Crippen LogP contribution is 2.34. The standard InChI is InChI=1S/C27H44N2O3/c1-4-7-10-13-18-29-24-21-22(28)16-17-23(24)25(31-19-14-11-8-5-2)26(27(29)30)32-20-15-12-9-6-3/h16-17,21H,4-15,18-20,28H2,1-3H3. The number of benzene rings is 1. The van der Waals surface area contributed by atoms with Gasteiger partial charge >= 0.3 is 0 Å². The van der Waals surface area contributed by atoms with Gasteiger partial charge in [-0.2, -0.15) is 0 Å². The lowest BCUT2D eigenvalue weighted by Gasteiger charge is -2.19. The Balaban J connectivity index is 2.38. The largest absolute Gasteiger partial charge is 0.489 e. The van der Waals surface area contributed by atoms with E-state index in [1.165, 1.54) is 38.5 Å². The second-order valence-electron chi connectivity index (χ2n) is 8.77. The summed E-state index contributed by atoms with van der Waals surface area (Å²) in [4.78, 5) is 13.6. The zero-order valence-corrected chi connectivity index (χ0v) is 20.6. The summed E-state index contributed by atoms with van der Waals surface area (Å²) in [5.41, 5.74) is 7.50. The van der Waals surface area contributed by atoms with E-state index in [1.54, 1.807) is 0 Å². The van der Waals surface area contributed by atoms with Gasteiger partial charge in [-0.25, -0.2) is 0 Å². The lowest BCUT2D eigenvalue weighted by molar-refractivity contribution is 0.256. The average molecular weight is 445 g/mol. The van der Waals surface area contributed by atoms with E-state index in [4.69, 9.17) is 15.2 Å². The number of nitrogens with zero attached hydrogens (tertiary/aromatic N) is 1. The van der Waals surface area contributed by atoms with Crippen LogP contribution in [0, 0.1) is 0 Å². The van der Waals surface area contributed by atoms with Gasteiger partial charge in [0.15, 0.2) is 5.75 Å². The highest BCUT2D eigenvalue weighted by atomic mass is 16.5. The zero-order valence-electron chi connectivity index (χ0n) is 20.6. The molecule has 2 rings (SSSR count). The second-order valence-corrected chi connectivity index (χ2v) is 8.77. The normalized spacial score (nSPS) is 11.2. The van der Waals surface area contributed by atoms with Crippen molar-refractivity contribution in [2.24, 2.45) is 0 Å². The molecule has 0 unspecified atom stereocenters. The first-order valence-corrected chi connectivity index (χ1v) is 12.9. The monoisotopic (exact) mass is 444 g/mol. The number of nitrogen functional groups attached to an aromatic ring is 1. The predicted octanol–water partition coefficient (Wildman–Crippen LogP) is 7.08. The summed E-state index contributed by atoms with van der Waals surface area (Å²) in [5.74, 6) is 0.951. The van der Waals surface area contributed by atoms with Crippen molar-refractivity contribution in [2.45, 2.75) is 104 Å². The van der Waals surface area contributed by atoms with E-state index in [1.807, 2.05) is 22.8 Å². The van der Waals surface area contributed by atoms with Crippen molar-refractivity contribution >= 4 is 16.6 Å². The van der Waals surface area contributed by atoms with Crippen LogP contribution in [0.1, 0.15) is 97.8 Å². The van der Waals surface area contributed by atoms with E-state index in [9.17, 15) is 4.79 Å². The van der Waals surface area contributed by atoms with Crippen LogP contribution in [0.15, 0.2) is 23.0 Å². The molecule has 0 atom stereocenters. The fourth-order valence-corrected chi connectivity index (χ4v) is 4.01. The number of anilines is 1. The maximum atomic E-state index is 13.6. The molecule has 0 saturated heterocycles. The van der Waals surface area contributed by atoms with Crippen LogP contribution in [0.2, 0.25) is 0 Å². The number of fused-ring (bicyclic) bond motifs is 1. The molecule has 2 N–H and O–H groups in total. The predicted molar refractivity (Wildman–Crippen MR) is 136 cm³/mol. The fourth-order valence-electron chi connectivity index (χ4n) is 4.01. The number of aromatic nitrogens is 1. The van der Waals surface area contributed by atoms with Crippen LogP contribution in [-0.2, 0) is 6.54 Å². The Bertz CT molecular complexity index is 860. The summed E-state index contributed by atoms with van der Waals surface area (Å²) < 4.78 is 14.2. The SMILES string of the molecule is CCCCCCOc1c(OCCCCCC)c2ccc(N)cc2n(CCCCCC)c1=O. The van der Waals surface area contributed by atoms with E-state index in [-0.39, 0.29) is 5.56 Å². The third kappa shape index (κ3) is 7.75. The van der Waals surface area contributed by atoms with Crippen LogP contribution in [0.3, 0.4) is 0 Å². The van der Waals surface area contributed by atoms with Gasteiger partial charge in [-0.1, -0.05) is 78.6 Å². The lowest BCUT2D eigenvalue weighted by atomic mass is 10.1. The van der Waals surface area contributed by atoms with Gasteiger partial charge in [0.1, 0.15) is 0 Å². The van der Waals surface area contributed by atoms with Gasteiger partial charge in [0, 0.05) is 17.6 Å². The summed E-state index contributed by atoms with van der Waals surface area (Å²) in [6, 6.07) is 5.74. The van der Waals surface area contributed by atoms with E-state index < -0.39 is 0 Å². The molecular formula is C27H44N2O3. The summed E-state index contributed by atoms with van der Waals surface area (Å²) in [6.07, 6.45) is 13.3. The summed E-state index contributed by atoms with van der Waals surface area (Å²) in [7, 11) is 0. The molecule has 5 heteroatoms. The number of ether oxygens (including phenoxy) is 2. The van der Waals surface area contributed by atoms with Crippen molar-refractivity contribution in [1.82, 2.24) is 4.57 Å². The minimum atomic E-state index is -0.0985. The van der Waals surface area contributed by atoms with Crippen molar-refractivity contribution < 1.29 is 9.47 Å². The Morgan fingerprint density at radius 3 is 1.91 bits per heavy atom. The van der Waals surface area contributed by atoms with Gasteiger partial charge in [-0.15, -0.1) is 0 Å². The highest BCUT2D eigenvalue weighted by molar-refractivity contribution is 5.90. The second kappa shape index (κ2) is 14.8. The number of pyridine rings is 1. The van der Waals surface area contributed by atoms with E-state index >= 15 is 0 Å². The number of nitrogens with two attached hydrogens (primary N) is 1. The first kappa shape index (κ1) is 26.1. The fraction of sp³-hybridized carbons (Fsp3) is 0.667. The van der Waals surface area contributed by atoms with Crippen molar-refractivity contribution in [3.8, 4) is 11.5 Å². The smallest absolute Gasteiger partial charge is 0.297 e. The Morgan fingerprint density at radius 2 is 1.31 bits per heavy atom. The summed E-state index contributed by atoms with van der Waals surface area (Å²) in [5, 5.41) is 0.911. The molecule has 5 nitrogen and oxygen atoms in total.